The highest BCUT2D eigenvalue weighted by atomic mass is 16.3. The van der Waals surface area contributed by atoms with Crippen LogP contribution in [-0.4, -0.2) is 7.28 Å². The van der Waals surface area contributed by atoms with Gasteiger partial charge in [-0.15, -0.1) is 0 Å². The molecule has 1 aromatic heterocycles. The van der Waals surface area contributed by atoms with Crippen LogP contribution in [0.25, 0.3) is 76.7 Å². The SMILES string of the molecule is C=C/C(c1c2ccccc2c(-c2cccc3ccccc23)c2ccccc12)=c1\c(=C/[B]C)oc2cc3ccccc3cc12. The molecule has 0 aliphatic carbocycles. The molecule has 1 nitrogen and oxygen atoms in total. The summed E-state index contributed by atoms with van der Waals surface area (Å²) in [5.41, 5.74) is 6.46. The van der Waals surface area contributed by atoms with E-state index in [1.54, 1.807) is 0 Å². The summed E-state index contributed by atoms with van der Waals surface area (Å²) in [5, 5.41) is 11.8. The van der Waals surface area contributed by atoms with Crippen molar-refractivity contribution < 1.29 is 4.42 Å². The molecule has 2 heteroatoms. The van der Waals surface area contributed by atoms with E-state index in [9.17, 15) is 0 Å². The first-order valence-electron chi connectivity index (χ1n) is 14.8. The number of hydrogen-bond acceptors (Lipinski definition) is 1. The molecular formula is C41H28BO. The first kappa shape index (κ1) is 25.4. The van der Waals surface area contributed by atoms with E-state index in [4.69, 9.17) is 4.42 Å². The first-order valence-corrected chi connectivity index (χ1v) is 14.8. The fraction of sp³-hybridized carbons (Fsp3) is 0.0244. The maximum Gasteiger partial charge on any atom is 0.143 e. The van der Waals surface area contributed by atoms with E-state index in [-0.39, 0.29) is 0 Å². The van der Waals surface area contributed by atoms with Gasteiger partial charge in [-0.05, 0) is 77.5 Å². The van der Waals surface area contributed by atoms with Crippen LogP contribution in [0.5, 0.6) is 0 Å². The van der Waals surface area contributed by atoms with Gasteiger partial charge in [0.1, 0.15) is 18.3 Å². The second kappa shape index (κ2) is 10.2. The second-order valence-corrected chi connectivity index (χ2v) is 11.0. The zero-order valence-electron chi connectivity index (χ0n) is 24.0. The minimum atomic E-state index is 0.842. The topological polar surface area (TPSA) is 13.1 Å². The summed E-state index contributed by atoms with van der Waals surface area (Å²) in [5.74, 6) is 2.07. The Morgan fingerprint density at radius 2 is 1.16 bits per heavy atom. The fourth-order valence-corrected chi connectivity index (χ4v) is 6.83. The van der Waals surface area contributed by atoms with Gasteiger partial charge in [0.2, 0.25) is 0 Å². The van der Waals surface area contributed by atoms with Gasteiger partial charge < -0.3 is 4.42 Å². The van der Waals surface area contributed by atoms with Gasteiger partial charge in [0, 0.05) is 10.6 Å². The van der Waals surface area contributed by atoms with E-state index in [2.05, 4.69) is 140 Å². The van der Waals surface area contributed by atoms with Crippen LogP contribution in [0.1, 0.15) is 5.56 Å². The van der Waals surface area contributed by atoms with Crippen molar-refractivity contribution in [3.8, 4) is 11.1 Å². The van der Waals surface area contributed by atoms with Crippen molar-refractivity contribution >= 4 is 72.9 Å². The molecular weight excluding hydrogens is 519 g/mol. The first-order chi connectivity index (χ1) is 21.3. The van der Waals surface area contributed by atoms with Crippen molar-refractivity contribution in [2.45, 2.75) is 6.82 Å². The predicted octanol–water partition coefficient (Wildman–Crippen LogP) is 9.59. The lowest BCUT2D eigenvalue weighted by atomic mass is 9.81. The van der Waals surface area contributed by atoms with Gasteiger partial charge in [-0.25, -0.2) is 0 Å². The standard InChI is InChI=1S/C41H28BO/c1-3-29(41-36-23-27-14-4-5-15-28(27)24-37(36)43-38(41)25-42-2)39-32-18-8-10-20-34(32)40(35-21-11-9-19-33(35)39)31-22-12-16-26-13-6-7-17-30(26)31/h3-25H,1H2,2H3/b38-25+,41-29+. The molecule has 8 aromatic rings. The highest BCUT2D eigenvalue weighted by Gasteiger charge is 2.20. The van der Waals surface area contributed by atoms with Crippen molar-refractivity contribution in [2.24, 2.45) is 0 Å². The molecule has 0 saturated heterocycles. The van der Waals surface area contributed by atoms with E-state index in [1.165, 1.54) is 54.4 Å². The molecule has 0 bridgehead atoms. The van der Waals surface area contributed by atoms with E-state index >= 15 is 0 Å². The zero-order chi connectivity index (χ0) is 28.9. The lowest BCUT2D eigenvalue weighted by Gasteiger charge is -2.19. The maximum absolute atomic E-state index is 6.56. The molecule has 7 aromatic carbocycles. The quantitative estimate of drug-likeness (QED) is 0.158. The number of hydrogen-bond donors (Lipinski definition) is 0. The van der Waals surface area contributed by atoms with E-state index in [0.717, 1.165) is 32.6 Å². The highest BCUT2D eigenvalue weighted by molar-refractivity contribution is 6.51. The third-order valence-electron chi connectivity index (χ3n) is 8.63. The Morgan fingerprint density at radius 1 is 0.605 bits per heavy atom. The lowest BCUT2D eigenvalue weighted by molar-refractivity contribution is 0.576. The van der Waals surface area contributed by atoms with Crippen LogP contribution in [0.15, 0.2) is 144 Å². The highest BCUT2D eigenvalue weighted by Crippen LogP contribution is 2.43. The molecule has 0 unspecified atom stereocenters. The molecule has 0 fully saturated rings. The molecule has 0 aliphatic rings. The Morgan fingerprint density at radius 3 is 1.81 bits per heavy atom. The van der Waals surface area contributed by atoms with Gasteiger partial charge in [0.05, 0.1) is 0 Å². The average molecular weight is 547 g/mol. The molecule has 0 N–H and O–H groups in total. The Kier molecular flexibility index (Phi) is 6.01. The van der Waals surface area contributed by atoms with Gasteiger partial charge >= 0.3 is 0 Å². The van der Waals surface area contributed by atoms with Crippen molar-refractivity contribution in [1.29, 1.82) is 0 Å². The summed E-state index contributed by atoms with van der Waals surface area (Å²) in [7, 11) is 2.04. The van der Waals surface area contributed by atoms with Crippen LogP contribution in [0.2, 0.25) is 6.82 Å². The van der Waals surface area contributed by atoms with Crippen molar-refractivity contribution in [2.75, 3.05) is 0 Å². The number of rotatable bonds is 4. The molecule has 201 valence electrons. The Bertz CT molecular complexity index is 2450. The van der Waals surface area contributed by atoms with Gasteiger partial charge in [-0.2, -0.15) is 0 Å². The van der Waals surface area contributed by atoms with Gasteiger partial charge in [0.25, 0.3) is 0 Å². The minimum Gasteiger partial charge on any atom is -0.457 e. The number of benzene rings is 7. The third kappa shape index (κ3) is 3.95. The maximum atomic E-state index is 6.56. The number of allylic oxidation sites excluding steroid dienone is 1. The van der Waals surface area contributed by atoms with Crippen LogP contribution < -0.4 is 10.6 Å². The summed E-state index contributed by atoms with van der Waals surface area (Å²) in [6, 6.07) is 45.8. The van der Waals surface area contributed by atoms with E-state index in [0.29, 0.717) is 0 Å². The predicted molar refractivity (Wildman–Crippen MR) is 186 cm³/mol. The van der Waals surface area contributed by atoms with Crippen LogP contribution >= 0.6 is 0 Å². The second-order valence-electron chi connectivity index (χ2n) is 11.0. The monoisotopic (exact) mass is 547 g/mol. The summed E-state index contributed by atoms with van der Waals surface area (Å²) in [6.45, 7) is 6.43. The summed E-state index contributed by atoms with van der Waals surface area (Å²) < 4.78 is 6.56. The number of furan rings is 1. The van der Waals surface area contributed by atoms with Gasteiger partial charge in [-0.3, -0.25) is 0 Å². The third-order valence-corrected chi connectivity index (χ3v) is 8.63. The summed E-state index contributed by atoms with van der Waals surface area (Å²) >= 11 is 0. The average Bonchev–Trinajstić information content (AvgIpc) is 3.40. The fourth-order valence-electron chi connectivity index (χ4n) is 6.83. The smallest absolute Gasteiger partial charge is 0.143 e. The molecule has 8 rings (SSSR count). The van der Waals surface area contributed by atoms with E-state index in [1.807, 2.05) is 20.2 Å². The van der Waals surface area contributed by atoms with Crippen LogP contribution in [0, 0.1) is 0 Å². The van der Waals surface area contributed by atoms with E-state index < -0.39 is 0 Å². The number of fused-ring (bicyclic) bond motifs is 5. The molecule has 0 atom stereocenters. The Balaban J connectivity index is 1.60. The molecule has 1 heterocycles. The summed E-state index contributed by atoms with van der Waals surface area (Å²) in [6.07, 6.45) is 2.01. The molecule has 0 aliphatic heterocycles. The normalized spacial score (nSPS) is 12.9. The van der Waals surface area contributed by atoms with Crippen molar-refractivity contribution in [3.05, 3.63) is 156 Å². The van der Waals surface area contributed by atoms with Crippen molar-refractivity contribution in [1.82, 2.24) is 0 Å². The lowest BCUT2D eigenvalue weighted by Crippen LogP contribution is -2.24. The van der Waals surface area contributed by atoms with Crippen LogP contribution in [0.4, 0.5) is 0 Å². The van der Waals surface area contributed by atoms with Crippen molar-refractivity contribution in [3.63, 3.8) is 0 Å². The largest absolute Gasteiger partial charge is 0.457 e. The molecule has 0 saturated carbocycles. The molecule has 0 amide bonds. The molecule has 0 spiro atoms. The summed E-state index contributed by atoms with van der Waals surface area (Å²) in [4.78, 5) is 0. The molecule has 43 heavy (non-hydrogen) atoms. The Labute approximate surface area is 250 Å². The van der Waals surface area contributed by atoms with Gasteiger partial charge in [-0.1, -0.05) is 141 Å². The van der Waals surface area contributed by atoms with Crippen LogP contribution in [0.3, 0.4) is 0 Å². The zero-order valence-corrected chi connectivity index (χ0v) is 24.0. The minimum absolute atomic E-state index is 0.842. The van der Waals surface area contributed by atoms with Gasteiger partial charge in [0.15, 0.2) is 0 Å². The molecule has 1 radical (unpaired) electrons. The Hall–Kier alpha value is -5.34. The van der Waals surface area contributed by atoms with Crippen LogP contribution in [-0.2, 0) is 0 Å².